The standard InChI is InChI=1S/C23H24FN3O3/c1-14(2)21(28)13-25-22(29)19-12-20(16-9-7-15(3)8-10-16)26-27(23(19)30)18-6-4-5-17(24)11-18/h4-12,14,21,28H,13H2,1-3H3,(H,25,29)/t21-/m1/s1. The lowest BCUT2D eigenvalue weighted by molar-refractivity contribution is 0.0869. The van der Waals surface area contributed by atoms with Crippen LogP contribution in [0.25, 0.3) is 16.9 Å². The van der Waals surface area contributed by atoms with Gasteiger partial charge in [-0.25, -0.2) is 4.39 Å². The summed E-state index contributed by atoms with van der Waals surface area (Å²) in [5, 5.41) is 16.9. The molecule has 0 spiro atoms. The molecule has 1 atom stereocenters. The molecule has 0 aliphatic rings. The first-order chi connectivity index (χ1) is 14.3. The van der Waals surface area contributed by atoms with Gasteiger partial charge in [0.25, 0.3) is 11.5 Å². The van der Waals surface area contributed by atoms with Crippen molar-refractivity contribution in [3.05, 3.63) is 81.9 Å². The minimum Gasteiger partial charge on any atom is -0.391 e. The lowest BCUT2D eigenvalue weighted by atomic mass is 10.1. The van der Waals surface area contributed by atoms with E-state index < -0.39 is 23.4 Å². The Labute approximate surface area is 174 Å². The van der Waals surface area contributed by atoms with E-state index in [-0.39, 0.29) is 23.7 Å². The zero-order valence-electron chi connectivity index (χ0n) is 17.1. The van der Waals surface area contributed by atoms with E-state index in [1.165, 1.54) is 24.3 Å². The van der Waals surface area contributed by atoms with Crippen LogP contribution in [-0.2, 0) is 0 Å². The topological polar surface area (TPSA) is 84.2 Å². The number of aliphatic hydroxyl groups excluding tert-OH is 1. The number of amides is 1. The van der Waals surface area contributed by atoms with Crippen LogP contribution in [0.15, 0.2) is 59.4 Å². The van der Waals surface area contributed by atoms with Crippen LogP contribution in [0.3, 0.4) is 0 Å². The Hall–Kier alpha value is -3.32. The molecule has 0 radical (unpaired) electrons. The summed E-state index contributed by atoms with van der Waals surface area (Å²) in [6.45, 7) is 5.62. The van der Waals surface area contributed by atoms with E-state index in [0.29, 0.717) is 11.3 Å². The number of rotatable bonds is 6. The highest BCUT2D eigenvalue weighted by atomic mass is 19.1. The van der Waals surface area contributed by atoms with Crippen LogP contribution in [-0.4, -0.2) is 33.4 Å². The van der Waals surface area contributed by atoms with E-state index >= 15 is 0 Å². The second-order valence-corrected chi connectivity index (χ2v) is 7.53. The Kier molecular flexibility index (Phi) is 6.42. The van der Waals surface area contributed by atoms with Gasteiger partial charge in [0.1, 0.15) is 11.4 Å². The number of carbonyl (C=O) groups excluding carboxylic acids is 1. The largest absolute Gasteiger partial charge is 0.391 e. The molecule has 2 aromatic carbocycles. The molecule has 0 saturated carbocycles. The van der Waals surface area contributed by atoms with Crippen LogP contribution in [0.1, 0.15) is 29.8 Å². The molecule has 1 amide bonds. The molecular formula is C23H24FN3O3. The highest BCUT2D eigenvalue weighted by molar-refractivity contribution is 5.94. The molecule has 7 heteroatoms. The van der Waals surface area contributed by atoms with Crippen LogP contribution in [0.4, 0.5) is 4.39 Å². The van der Waals surface area contributed by atoms with E-state index in [2.05, 4.69) is 10.4 Å². The van der Waals surface area contributed by atoms with Gasteiger partial charge < -0.3 is 10.4 Å². The van der Waals surface area contributed by atoms with Crippen LogP contribution < -0.4 is 10.9 Å². The molecule has 3 rings (SSSR count). The van der Waals surface area contributed by atoms with Gasteiger partial charge in [0.2, 0.25) is 0 Å². The predicted molar refractivity (Wildman–Crippen MR) is 113 cm³/mol. The fraction of sp³-hybridized carbons (Fsp3) is 0.261. The third kappa shape index (κ3) is 4.80. The van der Waals surface area contributed by atoms with E-state index in [1.54, 1.807) is 6.07 Å². The first-order valence-electron chi connectivity index (χ1n) is 9.70. The molecule has 0 saturated heterocycles. The Morgan fingerprint density at radius 2 is 1.87 bits per heavy atom. The van der Waals surface area contributed by atoms with Crippen molar-refractivity contribution in [3.8, 4) is 16.9 Å². The van der Waals surface area contributed by atoms with Gasteiger partial charge in [0, 0.05) is 12.1 Å². The first kappa shape index (κ1) is 21.4. The van der Waals surface area contributed by atoms with E-state index in [1.807, 2.05) is 45.0 Å². The van der Waals surface area contributed by atoms with Crippen molar-refractivity contribution in [2.45, 2.75) is 26.9 Å². The molecule has 30 heavy (non-hydrogen) atoms. The first-order valence-corrected chi connectivity index (χ1v) is 9.70. The summed E-state index contributed by atoms with van der Waals surface area (Å²) in [4.78, 5) is 25.7. The molecule has 156 valence electrons. The van der Waals surface area contributed by atoms with E-state index in [9.17, 15) is 19.1 Å². The highest BCUT2D eigenvalue weighted by Gasteiger charge is 2.19. The molecular weight excluding hydrogens is 385 g/mol. The van der Waals surface area contributed by atoms with Gasteiger partial charge in [-0.3, -0.25) is 9.59 Å². The van der Waals surface area contributed by atoms with Gasteiger partial charge in [0.15, 0.2) is 0 Å². The highest BCUT2D eigenvalue weighted by Crippen LogP contribution is 2.19. The quantitative estimate of drug-likeness (QED) is 0.655. The lowest BCUT2D eigenvalue weighted by Gasteiger charge is -2.16. The summed E-state index contributed by atoms with van der Waals surface area (Å²) in [7, 11) is 0. The minimum atomic E-state index is -0.738. The van der Waals surface area contributed by atoms with Crippen molar-refractivity contribution in [1.82, 2.24) is 15.1 Å². The molecule has 2 N–H and O–H groups in total. The van der Waals surface area contributed by atoms with Crippen LogP contribution in [0.5, 0.6) is 0 Å². The number of aliphatic hydroxyl groups is 1. The van der Waals surface area contributed by atoms with E-state index in [0.717, 1.165) is 10.2 Å². The zero-order chi connectivity index (χ0) is 21.8. The summed E-state index contributed by atoms with van der Waals surface area (Å²) >= 11 is 0. The van der Waals surface area contributed by atoms with Crippen molar-refractivity contribution >= 4 is 5.91 Å². The Morgan fingerprint density at radius 3 is 2.50 bits per heavy atom. The van der Waals surface area contributed by atoms with Gasteiger partial charge in [0.05, 0.1) is 17.5 Å². The molecule has 0 aliphatic heterocycles. The summed E-state index contributed by atoms with van der Waals surface area (Å²) < 4.78 is 14.8. The third-order valence-corrected chi connectivity index (χ3v) is 4.80. The number of nitrogens with zero attached hydrogens (tertiary/aromatic N) is 2. The third-order valence-electron chi connectivity index (χ3n) is 4.80. The Morgan fingerprint density at radius 1 is 1.17 bits per heavy atom. The van der Waals surface area contributed by atoms with Gasteiger partial charge >= 0.3 is 0 Å². The molecule has 0 fully saturated rings. The molecule has 6 nitrogen and oxygen atoms in total. The summed E-state index contributed by atoms with van der Waals surface area (Å²) in [5.74, 6) is -1.19. The van der Waals surface area contributed by atoms with Crippen LogP contribution in [0, 0.1) is 18.7 Å². The summed E-state index contributed by atoms with van der Waals surface area (Å²) in [6.07, 6.45) is -0.738. The van der Waals surface area contributed by atoms with E-state index in [4.69, 9.17) is 0 Å². The summed E-state index contributed by atoms with van der Waals surface area (Å²) in [5.41, 5.74) is 1.56. The number of hydrogen-bond acceptors (Lipinski definition) is 4. The molecule has 0 unspecified atom stereocenters. The fourth-order valence-corrected chi connectivity index (χ4v) is 2.83. The average molecular weight is 409 g/mol. The van der Waals surface area contributed by atoms with Crippen molar-refractivity contribution in [2.24, 2.45) is 5.92 Å². The number of carbonyl (C=O) groups is 1. The lowest BCUT2D eigenvalue weighted by Crippen LogP contribution is -2.38. The molecule has 0 bridgehead atoms. The van der Waals surface area contributed by atoms with Crippen molar-refractivity contribution in [2.75, 3.05) is 6.54 Å². The van der Waals surface area contributed by atoms with Gasteiger partial charge in [-0.1, -0.05) is 49.7 Å². The summed E-state index contributed by atoms with van der Waals surface area (Å²) in [6, 6.07) is 14.3. The fourth-order valence-electron chi connectivity index (χ4n) is 2.83. The van der Waals surface area contributed by atoms with Crippen LogP contribution >= 0.6 is 0 Å². The monoisotopic (exact) mass is 409 g/mol. The van der Waals surface area contributed by atoms with Gasteiger partial charge in [-0.2, -0.15) is 9.78 Å². The Balaban J connectivity index is 2.10. The number of hydrogen-bond donors (Lipinski definition) is 2. The number of benzene rings is 2. The van der Waals surface area contributed by atoms with Gasteiger partial charge in [-0.15, -0.1) is 0 Å². The number of halogens is 1. The molecule has 3 aromatic rings. The maximum Gasteiger partial charge on any atom is 0.284 e. The maximum atomic E-state index is 13.7. The number of aryl methyl sites for hydroxylation is 1. The smallest absolute Gasteiger partial charge is 0.284 e. The minimum absolute atomic E-state index is 0.0120. The average Bonchev–Trinajstić information content (AvgIpc) is 2.72. The number of aromatic nitrogens is 2. The van der Waals surface area contributed by atoms with Gasteiger partial charge in [-0.05, 0) is 37.1 Å². The van der Waals surface area contributed by atoms with Crippen molar-refractivity contribution in [3.63, 3.8) is 0 Å². The van der Waals surface area contributed by atoms with Crippen molar-refractivity contribution in [1.29, 1.82) is 0 Å². The molecule has 0 aliphatic carbocycles. The zero-order valence-corrected chi connectivity index (χ0v) is 17.1. The normalized spacial score (nSPS) is 12.1. The second-order valence-electron chi connectivity index (χ2n) is 7.53. The Bertz CT molecular complexity index is 1110. The maximum absolute atomic E-state index is 13.7. The van der Waals surface area contributed by atoms with Crippen LogP contribution in [0.2, 0.25) is 0 Å². The SMILES string of the molecule is Cc1ccc(-c2cc(C(=O)NC[C@@H](O)C(C)C)c(=O)n(-c3cccc(F)c3)n2)cc1. The molecule has 1 heterocycles. The predicted octanol–water partition coefficient (Wildman–Crippen LogP) is 3.09. The van der Waals surface area contributed by atoms with Crippen molar-refractivity contribution < 1.29 is 14.3 Å². The molecule has 1 aromatic heterocycles. The second kappa shape index (κ2) is 9.00. The number of nitrogens with one attached hydrogen (secondary N) is 1.